The van der Waals surface area contributed by atoms with Crippen LogP contribution in [0.2, 0.25) is 0 Å². The van der Waals surface area contributed by atoms with Gasteiger partial charge in [-0.05, 0) is 35.6 Å². The van der Waals surface area contributed by atoms with Crippen molar-refractivity contribution in [3.05, 3.63) is 59.7 Å². The molecule has 0 amide bonds. The minimum absolute atomic E-state index is 0. The Morgan fingerprint density at radius 2 is 1.06 bits per heavy atom. The SMILES string of the molecule is B.Cc1ccccc1Pc1ccccc1C. The monoisotopic (exact) mass is 228 g/mol. The normalized spacial score (nSPS) is 9.62. The van der Waals surface area contributed by atoms with Crippen LogP contribution < -0.4 is 10.6 Å². The molecule has 2 aromatic rings. The summed E-state index contributed by atoms with van der Waals surface area (Å²) in [5.74, 6) is 0. The third kappa shape index (κ3) is 2.96. The lowest BCUT2D eigenvalue weighted by Crippen LogP contribution is -2.08. The Kier molecular flexibility index (Phi) is 4.77. The zero-order chi connectivity index (χ0) is 10.7. The van der Waals surface area contributed by atoms with E-state index < -0.39 is 0 Å². The molecule has 0 atom stereocenters. The number of benzene rings is 2. The van der Waals surface area contributed by atoms with E-state index in [1.807, 2.05) is 0 Å². The number of hydrogen-bond donors (Lipinski definition) is 0. The zero-order valence-corrected chi connectivity index (χ0v) is 10.1. The molecular formula is C14H18BP. The van der Waals surface area contributed by atoms with Crippen LogP contribution in [0.4, 0.5) is 0 Å². The molecule has 0 aromatic heterocycles. The van der Waals surface area contributed by atoms with Crippen LogP contribution >= 0.6 is 8.58 Å². The molecule has 0 fully saturated rings. The number of aryl methyl sites for hydroxylation is 2. The Hall–Kier alpha value is -1.07. The van der Waals surface area contributed by atoms with Crippen molar-refractivity contribution < 1.29 is 0 Å². The molecule has 2 rings (SSSR count). The summed E-state index contributed by atoms with van der Waals surface area (Å²) in [5, 5.41) is 2.90. The Morgan fingerprint density at radius 3 is 1.44 bits per heavy atom. The number of hydrogen-bond acceptors (Lipinski definition) is 0. The zero-order valence-electron chi connectivity index (χ0n) is 9.12. The van der Waals surface area contributed by atoms with E-state index in [9.17, 15) is 0 Å². The molecule has 0 nitrogen and oxygen atoms in total. The third-order valence-electron chi connectivity index (χ3n) is 2.56. The highest BCUT2D eigenvalue weighted by Crippen LogP contribution is 2.15. The minimum atomic E-state index is 0. The lowest BCUT2D eigenvalue weighted by atomic mass is 10.2. The first-order chi connectivity index (χ1) is 7.27. The number of rotatable bonds is 2. The van der Waals surface area contributed by atoms with E-state index in [4.69, 9.17) is 0 Å². The first kappa shape index (κ1) is 13.0. The first-order valence-electron chi connectivity index (χ1n) is 5.15. The molecule has 0 N–H and O–H groups in total. The molecule has 0 bridgehead atoms. The van der Waals surface area contributed by atoms with Gasteiger partial charge in [-0.25, -0.2) is 0 Å². The maximum atomic E-state index is 2.22. The molecule has 0 aliphatic rings. The molecule has 0 unspecified atom stereocenters. The van der Waals surface area contributed by atoms with E-state index in [0.717, 1.165) is 8.58 Å². The Morgan fingerprint density at radius 1 is 0.688 bits per heavy atom. The van der Waals surface area contributed by atoms with Gasteiger partial charge in [0.25, 0.3) is 0 Å². The fourth-order valence-electron chi connectivity index (χ4n) is 1.57. The van der Waals surface area contributed by atoms with Gasteiger partial charge in [0.1, 0.15) is 0 Å². The second kappa shape index (κ2) is 5.87. The lowest BCUT2D eigenvalue weighted by Gasteiger charge is -2.08. The van der Waals surface area contributed by atoms with E-state index >= 15 is 0 Å². The van der Waals surface area contributed by atoms with E-state index in [-0.39, 0.29) is 8.41 Å². The van der Waals surface area contributed by atoms with Gasteiger partial charge in [0.2, 0.25) is 0 Å². The van der Waals surface area contributed by atoms with Crippen LogP contribution in [0.3, 0.4) is 0 Å². The highest BCUT2D eigenvalue weighted by atomic mass is 31.1. The van der Waals surface area contributed by atoms with Crippen LogP contribution in [-0.4, -0.2) is 8.41 Å². The molecule has 0 saturated heterocycles. The van der Waals surface area contributed by atoms with Crippen molar-refractivity contribution in [2.24, 2.45) is 0 Å². The van der Waals surface area contributed by atoms with Crippen molar-refractivity contribution in [1.82, 2.24) is 0 Å². The highest BCUT2D eigenvalue weighted by molar-refractivity contribution is 7.55. The quantitative estimate of drug-likeness (QED) is 0.542. The molecule has 0 spiro atoms. The molecule has 0 heterocycles. The molecule has 2 aromatic carbocycles. The molecule has 16 heavy (non-hydrogen) atoms. The summed E-state index contributed by atoms with van der Waals surface area (Å²) in [7, 11) is 0.774. The van der Waals surface area contributed by atoms with Crippen molar-refractivity contribution >= 4 is 27.6 Å². The van der Waals surface area contributed by atoms with Crippen LogP contribution in [0.25, 0.3) is 0 Å². The summed E-state index contributed by atoms with van der Waals surface area (Å²) in [6, 6.07) is 17.2. The first-order valence-corrected chi connectivity index (χ1v) is 6.15. The molecule has 0 aliphatic carbocycles. The maximum Gasteiger partial charge on any atom is 0.0814 e. The van der Waals surface area contributed by atoms with Gasteiger partial charge in [-0.15, -0.1) is 0 Å². The molecule has 0 radical (unpaired) electrons. The standard InChI is InChI=1S/C14H15P.BH3/c1-11-7-3-5-9-13(11)15-14-10-6-4-8-12(14)2;/h3-10,15H,1-2H3;1H3. The summed E-state index contributed by atoms with van der Waals surface area (Å²) in [4.78, 5) is 0. The molecule has 82 valence electrons. The molecule has 0 saturated carbocycles. The van der Waals surface area contributed by atoms with Crippen LogP contribution in [0.15, 0.2) is 48.5 Å². The van der Waals surface area contributed by atoms with Crippen molar-refractivity contribution in [3.8, 4) is 0 Å². The van der Waals surface area contributed by atoms with Gasteiger partial charge in [-0.3, -0.25) is 0 Å². The van der Waals surface area contributed by atoms with Gasteiger partial charge in [0, 0.05) is 0 Å². The topological polar surface area (TPSA) is 0 Å². The predicted octanol–water partition coefficient (Wildman–Crippen LogP) is 1.75. The maximum absolute atomic E-state index is 2.22. The fraction of sp³-hybridized carbons (Fsp3) is 0.143. The summed E-state index contributed by atoms with van der Waals surface area (Å²) >= 11 is 0. The Bertz CT molecular complexity index is 422. The summed E-state index contributed by atoms with van der Waals surface area (Å²) < 4.78 is 0. The predicted molar refractivity (Wildman–Crippen MR) is 79.9 cm³/mol. The van der Waals surface area contributed by atoms with Gasteiger partial charge in [-0.1, -0.05) is 57.1 Å². The second-order valence-electron chi connectivity index (χ2n) is 3.75. The van der Waals surface area contributed by atoms with Gasteiger partial charge in [0.15, 0.2) is 0 Å². The third-order valence-corrected chi connectivity index (χ3v) is 4.22. The molecule has 0 aliphatic heterocycles. The highest BCUT2D eigenvalue weighted by Gasteiger charge is 2.00. The Labute approximate surface area is 101 Å². The van der Waals surface area contributed by atoms with E-state index in [0.29, 0.717) is 0 Å². The largest absolute Gasteiger partial charge is 0.0814 e. The average molecular weight is 228 g/mol. The Balaban J connectivity index is 0.00000128. The summed E-state index contributed by atoms with van der Waals surface area (Å²) in [5.41, 5.74) is 2.78. The smallest absolute Gasteiger partial charge is 0.0620 e. The molecule has 2 heteroatoms. The van der Waals surface area contributed by atoms with Gasteiger partial charge < -0.3 is 0 Å². The van der Waals surface area contributed by atoms with E-state index in [1.165, 1.54) is 21.7 Å². The average Bonchev–Trinajstić information content (AvgIpc) is 2.24. The van der Waals surface area contributed by atoms with E-state index in [1.54, 1.807) is 0 Å². The second-order valence-corrected chi connectivity index (χ2v) is 5.08. The van der Waals surface area contributed by atoms with Crippen molar-refractivity contribution in [3.63, 3.8) is 0 Å². The van der Waals surface area contributed by atoms with Gasteiger partial charge in [0.05, 0.1) is 8.41 Å². The van der Waals surface area contributed by atoms with Crippen molar-refractivity contribution in [2.45, 2.75) is 13.8 Å². The molecular weight excluding hydrogens is 210 g/mol. The lowest BCUT2D eigenvalue weighted by molar-refractivity contribution is 1.51. The van der Waals surface area contributed by atoms with Crippen LogP contribution in [0.1, 0.15) is 11.1 Å². The summed E-state index contributed by atoms with van der Waals surface area (Å²) in [6.07, 6.45) is 0. The van der Waals surface area contributed by atoms with Gasteiger partial charge in [-0.2, -0.15) is 0 Å². The van der Waals surface area contributed by atoms with Crippen molar-refractivity contribution in [2.75, 3.05) is 0 Å². The van der Waals surface area contributed by atoms with E-state index in [2.05, 4.69) is 62.4 Å². The van der Waals surface area contributed by atoms with Crippen molar-refractivity contribution in [1.29, 1.82) is 0 Å². The van der Waals surface area contributed by atoms with Gasteiger partial charge >= 0.3 is 0 Å². The van der Waals surface area contributed by atoms with Crippen LogP contribution in [0.5, 0.6) is 0 Å². The fourth-order valence-corrected chi connectivity index (χ4v) is 2.78. The minimum Gasteiger partial charge on any atom is -0.0620 e. The van der Waals surface area contributed by atoms with Crippen LogP contribution in [-0.2, 0) is 0 Å². The summed E-state index contributed by atoms with van der Waals surface area (Å²) in [6.45, 7) is 4.36. The van der Waals surface area contributed by atoms with Crippen LogP contribution in [0, 0.1) is 13.8 Å².